The van der Waals surface area contributed by atoms with Gasteiger partial charge in [-0.05, 0) is 47.9 Å². The maximum absolute atomic E-state index is 13.6. The Balaban J connectivity index is 1.73. The molecule has 2 aromatic carbocycles. The Labute approximate surface area is 192 Å². The second-order valence-electron chi connectivity index (χ2n) is 8.60. The number of hydrogen-bond acceptors (Lipinski definition) is 4. The molecule has 1 aliphatic rings. The molecule has 0 saturated carbocycles. The van der Waals surface area contributed by atoms with Crippen molar-refractivity contribution in [1.82, 2.24) is 9.55 Å². The number of amides is 1. The van der Waals surface area contributed by atoms with Gasteiger partial charge in [0.05, 0.1) is 13.0 Å². The molecular weight excluding hydrogens is 416 g/mol. The van der Waals surface area contributed by atoms with E-state index in [-0.39, 0.29) is 30.4 Å². The zero-order valence-corrected chi connectivity index (χ0v) is 19.0. The van der Waals surface area contributed by atoms with Crippen molar-refractivity contribution in [2.45, 2.75) is 58.5 Å². The molecule has 172 valence electrons. The zero-order valence-electron chi connectivity index (χ0n) is 19.0. The number of carbonyl (C=O) groups excluding carboxylic acids is 1. The summed E-state index contributed by atoms with van der Waals surface area (Å²) in [4.78, 5) is 42.6. The first-order valence-corrected chi connectivity index (χ1v) is 11.6. The summed E-state index contributed by atoms with van der Waals surface area (Å²) in [5.41, 5.74) is 9.57. The van der Waals surface area contributed by atoms with Gasteiger partial charge in [0.2, 0.25) is 5.91 Å². The lowest BCUT2D eigenvalue weighted by molar-refractivity contribution is -0.118. The summed E-state index contributed by atoms with van der Waals surface area (Å²) in [6, 6.07) is 15.6. The Morgan fingerprint density at radius 2 is 1.82 bits per heavy atom. The fourth-order valence-electron chi connectivity index (χ4n) is 4.44. The molecule has 0 atom stereocenters. The van der Waals surface area contributed by atoms with E-state index >= 15 is 0 Å². The molecule has 0 aliphatic heterocycles. The van der Waals surface area contributed by atoms with E-state index in [2.05, 4.69) is 17.1 Å². The van der Waals surface area contributed by atoms with Gasteiger partial charge in [0.15, 0.2) is 5.69 Å². The zero-order chi connectivity index (χ0) is 23.4. The topological polar surface area (TPSA) is 101 Å². The molecule has 33 heavy (non-hydrogen) atoms. The van der Waals surface area contributed by atoms with Crippen molar-refractivity contribution in [3.8, 4) is 0 Å². The number of nitrogens with one attached hydrogen (secondary N) is 1. The Bertz CT molecular complexity index is 1260. The van der Waals surface area contributed by atoms with Gasteiger partial charge < -0.3 is 5.73 Å². The van der Waals surface area contributed by atoms with Gasteiger partial charge in [-0.2, -0.15) is 0 Å². The van der Waals surface area contributed by atoms with Gasteiger partial charge in [0.1, 0.15) is 5.82 Å². The van der Waals surface area contributed by atoms with E-state index in [9.17, 15) is 14.4 Å². The van der Waals surface area contributed by atoms with Crippen LogP contribution >= 0.6 is 0 Å². The minimum atomic E-state index is -0.650. The summed E-state index contributed by atoms with van der Waals surface area (Å²) >= 11 is 0. The first-order chi connectivity index (χ1) is 16.0. The predicted octanol–water partition coefficient (Wildman–Crippen LogP) is 3.18. The molecule has 3 aromatic rings. The normalized spacial score (nSPS) is 12.5. The standard InChI is InChI=1S/C26H30N4O3/c1-2-3-14-29-24(27)23(25(32)28-26(29)33)30(17-18-8-5-4-6-9-18)22(31)16-19-12-13-20-10-7-11-21(20)15-19/h4-6,8-9,12-13,15H,2-3,7,10-11,14,16-17,27H2,1H3,(H,28,32,33). The number of nitrogen functional groups attached to an aromatic ring is 1. The number of hydrogen-bond donors (Lipinski definition) is 2. The molecule has 0 fully saturated rings. The van der Waals surface area contributed by atoms with Crippen molar-refractivity contribution >= 4 is 17.4 Å². The monoisotopic (exact) mass is 446 g/mol. The first kappa shape index (κ1) is 22.6. The van der Waals surface area contributed by atoms with Crippen LogP contribution in [0.1, 0.15) is 48.4 Å². The highest BCUT2D eigenvalue weighted by molar-refractivity contribution is 5.96. The van der Waals surface area contributed by atoms with Crippen LogP contribution in [0.3, 0.4) is 0 Å². The molecule has 0 radical (unpaired) electrons. The van der Waals surface area contributed by atoms with Crippen LogP contribution in [0.15, 0.2) is 58.1 Å². The SMILES string of the molecule is CCCCn1c(N)c(N(Cc2ccccc2)C(=O)Cc2ccc3c(c2)CCC3)c(=O)[nH]c1=O. The second-order valence-corrected chi connectivity index (χ2v) is 8.60. The number of carbonyl (C=O) groups is 1. The van der Waals surface area contributed by atoms with Gasteiger partial charge in [-0.25, -0.2) is 4.79 Å². The van der Waals surface area contributed by atoms with E-state index in [1.54, 1.807) is 0 Å². The molecule has 7 nitrogen and oxygen atoms in total. The number of rotatable bonds is 8. The molecule has 4 rings (SSSR count). The predicted molar refractivity (Wildman–Crippen MR) is 130 cm³/mol. The fraction of sp³-hybridized carbons (Fsp3) is 0.346. The molecular formula is C26H30N4O3. The van der Waals surface area contributed by atoms with Crippen molar-refractivity contribution in [3.05, 3.63) is 91.6 Å². The third-order valence-electron chi connectivity index (χ3n) is 6.22. The van der Waals surface area contributed by atoms with Crippen LogP contribution in [-0.2, 0) is 37.1 Å². The summed E-state index contributed by atoms with van der Waals surface area (Å²) in [6.07, 6.45) is 4.99. The minimum absolute atomic E-state index is 0.0236. The summed E-state index contributed by atoms with van der Waals surface area (Å²) in [6.45, 7) is 2.57. The summed E-state index contributed by atoms with van der Waals surface area (Å²) < 4.78 is 1.35. The highest BCUT2D eigenvalue weighted by Crippen LogP contribution is 2.25. The van der Waals surface area contributed by atoms with Crippen LogP contribution in [0.5, 0.6) is 0 Å². The molecule has 7 heteroatoms. The number of H-pyrrole nitrogens is 1. The third kappa shape index (κ3) is 4.92. The van der Waals surface area contributed by atoms with E-state index in [4.69, 9.17) is 5.73 Å². The van der Waals surface area contributed by atoms with E-state index in [0.717, 1.165) is 43.2 Å². The minimum Gasteiger partial charge on any atom is -0.383 e. The molecule has 3 N–H and O–H groups in total. The highest BCUT2D eigenvalue weighted by Gasteiger charge is 2.25. The summed E-state index contributed by atoms with van der Waals surface area (Å²) in [5.74, 6) is -0.217. The van der Waals surface area contributed by atoms with Crippen LogP contribution in [0, 0.1) is 0 Å². The van der Waals surface area contributed by atoms with E-state index in [0.29, 0.717) is 6.54 Å². The lowest BCUT2D eigenvalue weighted by atomic mass is 10.0. The number of aryl methyl sites for hydroxylation is 2. The Kier molecular flexibility index (Phi) is 6.77. The van der Waals surface area contributed by atoms with E-state index in [1.807, 2.05) is 43.3 Å². The highest BCUT2D eigenvalue weighted by atomic mass is 16.2. The number of aromatic amines is 1. The smallest absolute Gasteiger partial charge is 0.330 e. The van der Waals surface area contributed by atoms with E-state index < -0.39 is 11.2 Å². The average molecular weight is 447 g/mol. The number of nitrogens with two attached hydrogens (primary N) is 1. The maximum atomic E-state index is 13.6. The third-order valence-corrected chi connectivity index (χ3v) is 6.22. The van der Waals surface area contributed by atoms with Crippen molar-refractivity contribution in [2.24, 2.45) is 0 Å². The largest absolute Gasteiger partial charge is 0.383 e. The molecule has 1 amide bonds. The number of aromatic nitrogens is 2. The molecule has 0 saturated heterocycles. The Hall–Kier alpha value is -3.61. The number of fused-ring (bicyclic) bond motifs is 1. The first-order valence-electron chi connectivity index (χ1n) is 11.6. The van der Waals surface area contributed by atoms with Crippen molar-refractivity contribution in [1.29, 1.82) is 0 Å². The quantitative estimate of drug-likeness (QED) is 0.555. The van der Waals surface area contributed by atoms with Gasteiger partial charge in [-0.3, -0.25) is 24.0 Å². The molecule has 0 spiro atoms. The van der Waals surface area contributed by atoms with Crippen LogP contribution in [-0.4, -0.2) is 15.5 Å². The van der Waals surface area contributed by atoms with Gasteiger partial charge in [0, 0.05) is 6.54 Å². The number of unbranched alkanes of at least 4 members (excludes halogenated alkanes) is 1. The maximum Gasteiger partial charge on any atom is 0.330 e. The number of nitrogens with zero attached hydrogens (tertiary/aromatic N) is 2. The molecule has 0 unspecified atom stereocenters. The van der Waals surface area contributed by atoms with Gasteiger partial charge in [-0.15, -0.1) is 0 Å². The van der Waals surface area contributed by atoms with Crippen LogP contribution in [0.2, 0.25) is 0 Å². The average Bonchev–Trinajstić information content (AvgIpc) is 3.26. The fourth-order valence-corrected chi connectivity index (χ4v) is 4.44. The lowest BCUT2D eigenvalue weighted by Crippen LogP contribution is -2.41. The molecule has 0 bridgehead atoms. The number of benzene rings is 2. The van der Waals surface area contributed by atoms with E-state index in [1.165, 1.54) is 20.6 Å². The molecule has 1 aromatic heterocycles. The van der Waals surface area contributed by atoms with Crippen LogP contribution in [0.4, 0.5) is 11.5 Å². The van der Waals surface area contributed by atoms with Crippen molar-refractivity contribution < 1.29 is 4.79 Å². The Morgan fingerprint density at radius 1 is 1.06 bits per heavy atom. The Morgan fingerprint density at radius 3 is 2.58 bits per heavy atom. The molecule has 1 aliphatic carbocycles. The summed E-state index contributed by atoms with van der Waals surface area (Å²) in [7, 11) is 0. The van der Waals surface area contributed by atoms with Crippen molar-refractivity contribution in [3.63, 3.8) is 0 Å². The second kappa shape index (κ2) is 9.90. The van der Waals surface area contributed by atoms with Crippen molar-refractivity contribution in [2.75, 3.05) is 10.6 Å². The lowest BCUT2D eigenvalue weighted by Gasteiger charge is -2.25. The molecule has 1 heterocycles. The van der Waals surface area contributed by atoms with Crippen LogP contribution < -0.4 is 21.9 Å². The van der Waals surface area contributed by atoms with Gasteiger partial charge in [-0.1, -0.05) is 61.9 Å². The summed E-state index contributed by atoms with van der Waals surface area (Å²) in [5, 5.41) is 0. The van der Waals surface area contributed by atoms with Gasteiger partial charge in [0.25, 0.3) is 5.56 Å². The van der Waals surface area contributed by atoms with Crippen LogP contribution in [0.25, 0.3) is 0 Å². The number of anilines is 2. The van der Waals surface area contributed by atoms with Gasteiger partial charge >= 0.3 is 5.69 Å².